The van der Waals surface area contributed by atoms with Crippen molar-refractivity contribution in [1.29, 1.82) is 27.0 Å². The number of nitrogens with one attached hydrogen (secondary N) is 7. The Bertz CT molecular complexity index is 7040. The number of fused-ring (bicyclic) bond motifs is 5. The lowest BCUT2D eigenvalue weighted by atomic mass is 10.0. The summed E-state index contributed by atoms with van der Waals surface area (Å²) in [6.45, 7) is 5.23. The number of amidine groups is 5. The number of hydrogen-bond acceptors (Lipinski definition) is 23. The topological polar surface area (TPSA) is 476 Å². The van der Waals surface area contributed by atoms with Crippen LogP contribution >= 0.6 is 105 Å². The zero-order valence-corrected chi connectivity index (χ0v) is 83.9. The van der Waals surface area contributed by atoms with Gasteiger partial charge in [0, 0.05) is 56.5 Å². The maximum absolute atomic E-state index is 12.9. The number of likely N-dealkylation sites (N-methyl/N-ethyl adjacent to an activating group) is 1. The summed E-state index contributed by atoms with van der Waals surface area (Å²) < 4.78 is 141. The highest BCUT2D eigenvalue weighted by Crippen LogP contribution is 2.40. The zero-order valence-electron chi connectivity index (χ0n) is 76.6. The van der Waals surface area contributed by atoms with Gasteiger partial charge in [-0.05, 0) is 199 Å². The van der Waals surface area contributed by atoms with Crippen LogP contribution in [0.1, 0.15) is 89.9 Å². The number of hydroxylamine groups is 1. The molecule has 1 amide bonds. The van der Waals surface area contributed by atoms with E-state index in [4.69, 9.17) is 147 Å². The molecule has 0 aliphatic carbocycles. The van der Waals surface area contributed by atoms with Crippen LogP contribution in [0.5, 0.6) is 40.2 Å². The van der Waals surface area contributed by atoms with E-state index in [1.807, 2.05) is 238 Å². The van der Waals surface area contributed by atoms with E-state index in [2.05, 4.69) is 42.0 Å². The van der Waals surface area contributed by atoms with Crippen LogP contribution in [-0.2, 0) is 43.8 Å². The average Bonchev–Trinajstić information content (AvgIpc) is 1.67. The lowest BCUT2D eigenvalue weighted by molar-refractivity contribution is -0.193. The van der Waals surface area contributed by atoms with Crippen molar-refractivity contribution in [3.8, 4) is 40.2 Å². The molecule has 27 nitrogen and oxygen atoms in total. The minimum absolute atomic E-state index is 0. The Morgan fingerprint density at radius 2 is 0.766 bits per heavy atom. The number of halogens is 13. The Kier molecular flexibility index (Phi) is 44.9. The third kappa shape index (κ3) is 35.8. The first-order valence-corrected chi connectivity index (χ1v) is 46.6. The van der Waals surface area contributed by atoms with Gasteiger partial charge in [-0.2, -0.15) is 39.5 Å². The number of nitrogens with two attached hydrogens (primary N) is 5. The molecule has 11 aromatic carbocycles. The minimum atomic E-state index is -5.08. The highest BCUT2D eigenvalue weighted by Gasteiger charge is 2.40. The summed E-state index contributed by atoms with van der Waals surface area (Å²) in [5.41, 5.74) is 36.1. The van der Waals surface area contributed by atoms with E-state index in [0.717, 1.165) is 127 Å². The molecule has 2 unspecified atom stereocenters. The van der Waals surface area contributed by atoms with Crippen molar-refractivity contribution in [2.24, 2.45) is 28.7 Å². The van der Waals surface area contributed by atoms with E-state index in [0.29, 0.717) is 45.2 Å². The van der Waals surface area contributed by atoms with Crippen LogP contribution in [0.15, 0.2) is 279 Å². The number of aliphatic carboxylic acids is 3. The molecule has 45 heteroatoms. The van der Waals surface area contributed by atoms with Gasteiger partial charge in [0.25, 0.3) is 5.91 Å². The molecule has 0 saturated carbocycles. The van der Waals surface area contributed by atoms with E-state index < -0.39 is 48.4 Å². The number of carbonyl (C=O) groups excluding carboxylic acids is 1. The summed E-state index contributed by atoms with van der Waals surface area (Å²) in [4.78, 5) is 48.8. The highest BCUT2D eigenvalue weighted by atomic mass is 35.5. The second-order valence-corrected chi connectivity index (χ2v) is 36.1. The monoisotopic (exact) mass is 2170 g/mol. The summed E-state index contributed by atoms with van der Waals surface area (Å²) in [7, 11) is 5.17. The molecule has 0 radical (unpaired) electrons. The summed E-state index contributed by atoms with van der Waals surface area (Å²) in [6.07, 6.45) is -16.3. The Hall–Kier alpha value is -14.5. The van der Waals surface area contributed by atoms with Gasteiger partial charge in [-0.3, -0.25) is 36.7 Å². The fraction of sp³-hybridized carbons (Fsp3) is 0.150. The van der Waals surface area contributed by atoms with Crippen molar-refractivity contribution in [3.05, 3.63) is 347 Å². The molecule has 16 aromatic rings. The molecule has 4 atom stereocenters. The second-order valence-electron chi connectivity index (χ2n) is 29.8. The number of rotatable bonds is 28. The number of methoxy groups -OCH3 is 2. The smallest absolute Gasteiger partial charge is 0.490 e. The SMILES string of the molecule is CC(Oc1cccc2sc(C(=N)N)cc12)c1ccccc1.CN[C@@H](C)[C@H](Oc1cccc2sc(C(=N)N)cc12)c1ccccc1.COc1ccc(COc2ccc3cc(C(=N)N)sc3c2)cc1Cl.COc1ccccc1COc1ccc2cc(C(=N)N)sc2c1.Cl.Cl.N=C(N)c1cc2ccc(OC(C(=O)NOCc3ccccc3)c3ccc(Cl)cc3)cc2s1.O=C(O)C(F)(F)F.O=C(O)C(F)(F)F.O=C(O)C(F)(F)F. The number of para-hydroxylation sites is 1. The number of nitrogen functional groups attached to an aromatic ring is 5. The highest BCUT2D eigenvalue weighted by molar-refractivity contribution is 7.22. The number of thiophene rings is 5. The van der Waals surface area contributed by atoms with Crippen LogP contribution in [0, 0.1) is 27.0 Å². The number of ether oxygens (including phenoxy) is 7. The maximum Gasteiger partial charge on any atom is 0.490 e. The average molecular weight is 2180 g/mol. The Morgan fingerprint density at radius 1 is 0.386 bits per heavy atom. The van der Waals surface area contributed by atoms with Gasteiger partial charge < -0.3 is 82.5 Å². The predicted octanol–water partition coefficient (Wildman–Crippen LogP) is 24.4. The van der Waals surface area contributed by atoms with Gasteiger partial charge in [-0.1, -0.05) is 163 Å². The predicted molar refractivity (Wildman–Crippen MR) is 557 cm³/mol. The van der Waals surface area contributed by atoms with Crippen molar-refractivity contribution in [2.45, 2.75) is 76.6 Å². The number of carboxylic acid groups (broad SMARTS) is 3. The van der Waals surface area contributed by atoms with Crippen LogP contribution in [0.25, 0.3) is 50.4 Å². The molecule has 0 aliphatic rings. The van der Waals surface area contributed by atoms with Crippen molar-refractivity contribution in [2.75, 3.05) is 21.3 Å². The first-order valence-electron chi connectivity index (χ1n) is 41.8. The largest absolute Gasteiger partial charge is 0.496 e. The fourth-order valence-electron chi connectivity index (χ4n) is 12.4. The lowest BCUT2D eigenvalue weighted by Gasteiger charge is -2.25. The molecule has 5 heterocycles. The van der Waals surface area contributed by atoms with E-state index in [9.17, 15) is 44.3 Å². The van der Waals surface area contributed by atoms with Crippen LogP contribution < -0.4 is 72.6 Å². The van der Waals surface area contributed by atoms with Gasteiger partial charge in [0.15, 0.2) is 0 Å². The van der Waals surface area contributed by atoms with Crippen molar-refractivity contribution in [1.82, 2.24) is 10.8 Å². The molecular weight excluding hydrogens is 2080 g/mol. The molecule has 0 aliphatic heterocycles. The molecule has 0 fully saturated rings. The van der Waals surface area contributed by atoms with Crippen molar-refractivity contribution >= 4 is 208 Å². The van der Waals surface area contributed by atoms with E-state index in [1.54, 1.807) is 44.6 Å². The third-order valence-electron chi connectivity index (χ3n) is 19.6. The summed E-state index contributed by atoms with van der Waals surface area (Å²) in [5, 5.41) is 68.7. The van der Waals surface area contributed by atoms with Gasteiger partial charge in [0.2, 0.25) is 6.10 Å². The van der Waals surface area contributed by atoms with Crippen molar-refractivity contribution in [3.63, 3.8) is 0 Å². The van der Waals surface area contributed by atoms with E-state index >= 15 is 0 Å². The quantitative estimate of drug-likeness (QED) is 0.00937. The van der Waals surface area contributed by atoms with Crippen molar-refractivity contribution < 1.29 is 112 Å². The number of hydrogen-bond donors (Lipinski definition) is 15. The third-order valence-corrected chi connectivity index (χ3v) is 25.8. The Balaban J connectivity index is 0.000000234. The summed E-state index contributed by atoms with van der Waals surface area (Å²) in [6, 6.07) is 88.9. The molecular formula is C100H93Cl4F9N12O15S5. The van der Waals surface area contributed by atoms with E-state index in [1.165, 1.54) is 56.7 Å². The molecule has 764 valence electrons. The maximum atomic E-state index is 12.9. The molecule has 5 aromatic heterocycles. The van der Waals surface area contributed by atoms with Crippen LogP contribution in [0.2, 0.25) is 10.0 Å². The number of benzene rings is 11. The van der Waals surface area contributed by atoms with E-state index in [-0.39, 0.29) is 78.8 Å². The number of carbonyl (C=O) groups is 4. The fourth-order valence-corrected chi connectivity index (χ4v) is 17.6. The second kappa shape index (κ2) is 55.4. The van der Waals surface area contributed by atoms with Gasteiger partial charge in [-0.25, -0.2) is 19.9 Å². The van der Waals surface area contributed by atoms with Gasteiger partial charge in [0.05, 0.1) is 50.2 Å². The number of amides is 1. The Labute approximate surface area is 865 Å². The Morgan fingerprint density at radius 3 is 1.19 bits per heavy atom. The molecule has 0 bridgehead atoms. The number of carboxylic acids is 3. The van der Waals surface area contributed by atoms with Gasteiger partial charge in [-0.15, -0.1) is 81.5 Å². The standard InChI is InChI=1S/C24H20ClN3O3S.C19H21N3OS.C17H15ClN2O2S.C17H16N2O2S.C17H16N2OS.3C2HF3O2.2ClH/c25-18-9-6-16(7-10-18)22(24(29)28-30-14-15-4-2-1-3-5-15)31-19-11-8-17-12-21(23(26)27)32-20(17)13-19;1-12(22-2)18(13-7-4-3-5-8-13)23-15-9-6-10-16-14(15)11-17(24-16)19(20)21;1-21-14-5-2-10(6-13(14)18)9-22-12-4-3-11-7-16(17(19)20)23-15(11)8-12;1-20-14-5-3-2-4-12(14)10-21-13-7-6-11-8-16(17(18)19)22-15(11)9-13;1-11(12-6-3-2-4-7-12)20-14-8-5-9-15-13(14)10-16(21-15)17(18)19;3*3-2(4,5)1(6)7;;/h1-13,22H,14H2,(H3,26,27)(H,28,29);3-12,18,22H,1-2H3,(H3,20,21);2-8H,9H2,1H3,(H3,19,20);2-9H,10H2,1H3,(H3,18,19);2-11H,1H3,(H3,18,19);3*(H,6,7);2*1H/t;12-,18-;;;;;;;;/m.0......../s1. The summed E-state index contributed by atoms with van der Waals surface area (Å²) >= 11 is 19.5. The number of alkyl halides is 9. The molecule has 0 spiro atoms. The first-order chi connectivity index (χ1) is 67.8. The van der Waals surface area contributed by atoms with Gasteiger partial charge >= 0.3 is 36.4 Å². The van der Waals surface area contributed by atoms with Crippen LogP contribution in [0.4, 0.5) is 39.5 Å². The molecule has 16 rings (SSSR count). The lowest BCUT2D eigenvalue weighted by Crippen LogP contribution is -2.32. The normalized spacial score (nSPS) is 11.6. The zero-order chi connectivity index (χ0) is 105. The minimum Gasteiger partial charge on any atom is -0.496 e. The molecule has 0 saturated heterocycles. The summed E-state index contributed by atoms with van der Waals surface area (Å²) in [5.74, 6) is -3.17. The molecule has 20 N–H and O–H groups in total. The first kappa shape index (κ1) is 117. The van der Waals surface area contributed by atoms with Crippen LogP contribution in [-0.4, -0.2) is 114 Å². The molecule has 145 heavy (non-hydrogen) atoms. The van der Waals surface area contributed by atoms with Crippen LogP contribution in [0.3, 0.4) is 0 Å². The van der Waals surface area contributed by atoms with Gasteiger partial charge in [0.1, 0.15) is 94.8 Å².